The lowest BCUT2D eigenvalue weighted by atomic mass is 9.77. The first kappa shape index (κ1) is 18.2. The topological polar surface area (TPSA) is 48.0 Å². The third-order valence-corrected chi connectivity index (χ3v) is 5.57. The smallest absolute Gasteiger partial charge is 0.248 e. The van der Waals surface area contributed by atoms with Crippen LogP contribution in [0.3, 0.4) is 0 Å². The monoisotopic (exact) mass is 347 g/mol. The number of methoxy groups -OCH3 is 2. The van der Waals surface area contributed by atoms with Crippen molar-refractivity contribution in [1.29, 1.82) is 0 Å². The molecule has 1 spiro atoms. The van der Waals surface area contributed by atoms with Crippen molar-refractivity contribution in [2.45, 2.75) is 37.7 Å². The van der Waals surface area contributed by atoms with Gasteiger partial charge in [0.1, 0.15) is 12.4 Å². The number of carbonyl (C=O) groups is 1. The zero-order valence-corrected chi connectivity index (χ0v) is 15.3. The molecule has 2 heterocycles. The first-order valence-electron chi connectivity index (χ1n) is 9.18. The van der Waals surface area contributed by atoms with Crippen LogP contribution in [0.25, 0.3) is 0 Å². The van der Waals surface area contributed by atoms with Crippen LogP contribution in [-0.4, -0.2) is 56.9 Å². The molecule has 1 amide bonds. The van der Waals surface area contributed by atoms with Crippen LogP contribution in [0.1, 0.15) is 31.2 Å². The normalized spacial score (nSPS) is 22.8. The highest BCUT2D eigenvalue weighted by Gasteiger charge is 2.40. The Labute approximate surface area is 150 Å². The van der Waals surface area contributed by atoms with Crippen LogP contribution in [-0.2, 0) is 20.7 Å². The maximum atomic E-state index is 12.0. The van der Waals surface area contributed by atoms with E-state index in [9.17, 15) is 4.79 Å². The van der Waals surface area contributed by atoms with Crippen LogP contribution in [0, 0.1) is 5.92 Å². The van der Waals surface area contributed by atoms with Gasteiger partial charge in [0.05, 0.1) is 12.7 Å². The standard InChI is InChI=1S/C20H29NO4/c1-23-15-19(22)21-10-8-20(9-11-21)14-17(7-12-25-20)13-16-3-5-18(24-2)6-4-16/h3-6,17H,7-15H2,1-2H3. The molecule has 0 saturated carbocycles. The van der Waals surface area contributed by atoms with Crippen molar-refractivity contribution in [3.05, 3.63) is 29.8 Å². The molecule has 2 aliphatic rings. The van der Waals surface area contributed by atoms with Gasteiger partial charge in [-0.2, -0.15) is 0 Å². The Balaban J connectivity index is 1.55. The molecule has 25 heavy (non-hydrogen) atoms. The summed E-state index contributed by atoms with van der Waals surface area (Å²) >= 11 is 0. The van der Waals surface area contributed by atoms with E-state index < -0.39 is 0 Å². The van der Waals surface area contributed by atoms with Gasteiger partial charge in [0.25, 0.3) is 0 Å². The zero-order chi connectivity index (χ0) is 17.7. The number of benzene rings is 1. The third kappa shape index (κ3) is 4.53. The number of amides is 1. The molecule has 5 heteroatoms. The molecule has 0 N–H and O–H groups in total. The van der Waals surface area contributed by atoms with Crippen molar-refractivity contribution >= 4 is 5.91 Å². The molecule has 0 aromatic heterocycles. The number of carbonyl (C=O) groups excluding carboxylic acids is 1. The molecule has 3 rings (SSSR count). The molecule has 1 unspecified atom stereocenters. The van der Waals surface area contributed by atoms with Gasteiger partial charge in [0, 0.05) is 26.8 Å². The van der Waals surface area contributed by atoms with Crippen LogP contribution < -0.4 is 4.74 Å². The van der Waals surface area contributed by atoms with Gasteiger partial charge in [0.15, 0.2) is 0 Å². The Kier molecular flexibility index (Phi) is 5.97. The van der Waals surface area contributed by atoms with E-state index in [1.54, 1.807) is 14.2 Å². The third-order valence-electron chi connectivity index (χ3n) is 5.57. The number of piperidine rings is 1. The summed E-state index contributed by atoms with van der Waals surface area (Å²) in [7, 11) is 3.26. The average Bonchev–Trinajstić information content (AvgIpc) is 2.63. The number of nitrogens with zero attached hydrogens (tertiary/aromatic N) is 1. The Hall–Kier alpha value is -1.59. The highest BCUT2D eigenvalue weighted by atomic mass is 16.5. The summed E-state index contributed by atoms with van der Waals surface area (Å²) in [5.41, 5.74) is 1.31. The van der Waals surface area contributed by atoms with Crippen molar-refractivity contribution in [3.63, 3.8) is 0 Å². The molecule has 0 radical (unpaired) electrons. The van der Waals surface area contributed by atoms with Crippen molar-refractivity contribution in [1.82, 2.24) is 4.90 Å². The highest BCUT2D eigenvalue weighted by Crippen LogP contribution is 2.38. The van der Waals surface area contributed by atoms with Crippen LogP contribution in [0.4, 0.5) is 0 Å². The number of likely N-dealkylation sites (tertiary alicyclic amines) is 1. The van der Waals surface area contributed by atoms with Crippen molar-refractivity contribution in [2.75, 3.05) is 40.5 Å². The molecule has 2 fully saturated rings. The maximum Gasteiger partial charge on any atom is 0.248 e. The van der Waals surface area contributed by atoms with E-state index in [-0.39, 0.29) is 18.1 Å². The van der Waals surface area contributed by atoms with Crippen LogP contribution in [0.2, 0.25) is 0 Å². The van der Waals surface area contributed by atoms with E-state index in [0.717, 1.165) is 57.6 Å². The largest absolute Gasteiger partial charge is 0.497 e. The summed E-state index contributed by atoms with van der Waals surface area (Å²) in [5.74, 6) is 1.63. The van der Waals surface area contributed by atoms with E-state index in [0.29, 0.717) is 5.92 Å². The molecule has 2 saturated heterocycles. The minimum Gasteiger partial charge on any atom is -0.497 e. The maximum absolute atomic E-state index is 12.0. The average molecular weight is 347 g/mol. The minimum absolute atomic E-state index is 0.0424. The molecule has 138 valence electrons. The lowest BCUT2D eigenvalue weighted by Gasteiger charge is -2.46. The van der Waals surface area contributed by atoms with Crippen molar-refractivity contribution in [2.24, 2.45) is 5.92 Å². The fourth-order valence-electron chi connectivity index (χ4n) is 4.13. The summed E-state index contributed by atoms with van der Waals surface area (Å²) in [6, 6.07) is 8.38. The van der Waals surface area contributed by atoms with Crippen LogP contribution in [0.5, 0.6) is 5.75 Å². The Bertz CT molecular complexity index is 564. The molecule has 1 aromatic rings. The van der Waals surface area contributed by atoms with Crippen LogP contribution >= 0.6 is 0 Å². The minimum atomic E-state index is -0.0424. The second kappa shape index (κ2) is 8.19. The molecule has 0 aliphatic carbocycles. The fraction of sp³-hybridized carbons (Fsp3) is 0.650. The second-order valence-electron chi connectivity index (χ2n) is 7.26. The summed E-state index contributed by atoms with van der Waals surface area (Å²) < 4.78 is 16.4. The molecule has 1 atom stereocenters. The molecule has 5 nitrogen and oxygen atoms in total. The van der Waals surface area contributed by atoms with E-state index in [2.05, 4.69) is 12.1 Å². The lowest BCUT2D eigenvalue weighted by molar-refractivity contribution is -0.149. The van der Waals surface area contributed by atoms with Crippen molar-refractivity contribution in [3.8, 4) is 5.75 Å². The predicted molar refractivity (Wildman–Crippen MR) is 95.8 cm³/mol. The number of ether oxygens (including phenoxy) is 3. The van der Waals surface area contributed by atoms with E-state index >= 15 is 0 Å². The Morgan fingerprint density at radius 3 is 2.60 bits per heavy atom. The van der Waals surface area contributed by atoms with Crippen LogP contribution in [0.15, 0.2) is 24.3 Å². The SMILES string of the molecule is COCC(=O)N1CCC2(CC1)CC(Cc1ccc(OC)cc1)CCO2. The van der Waals surface area contributed by atoms with Crippen molar-refractivity contribution < 1.29 is 19.0 Å². The summed E-state index contributed by atoms with van der Waals surface area (Å²) in [5, 5.41) is 0. The Morgan fingerprint density at radius 2 is 1.96 bits per heavy atom. The number of hydrogen-bond acceptors (Lipinski definition) is 4. The molecule has 2 aliphatic heterocycles. The molecule has 0 bridgehead atoms. The molecular formula is C20H29NO4. The van der Waals surface area contributed by atoms with Gasteiger partial charge in [-0.1, -0.05) is 12.1 Å². The molecule has 1 aromatic carbocycles. The summed E-state index contributed by atoms with van der Waals surface area (Å²) in [6.45, 7) is 2.55. The quantitative estimate of drug-likeness (QED) is 0.822. The summed E-state index contributed by atoms with van der Waals surface area (Å²) in [4.78, 5) is 13.9. The van der Waals surface area contributed by atoms with Gasteiger partial charge in [-0.25, -0.2) is 0 Å². The van der Waals surface area contributed by atoms with Gasteiger partial charge in [0.2, 0.25) is 5.91 Å². The predicted octanol–water partition coefficient (Wildman–Crippen LogP) is 2.67. The van der Waals surface area contributed by atoms with Gasteiger partial charge in [-0.05, 0) is 55.7 Å². The first-order valence-corrected chi connectivity index (χ1v) is 9.18. The Morgan fingerprint density at radius 1 is 1.24 bits per heavy atom. The first-order chi connectivity index (χ1) is 12.1. The molecular weight excluding hydrogens is 318 g/mol. The van der Waals surface area contributed by atoms with Gasteiger partial charge in [-0.3, -0.25) is 4.79 Å². The van der Waals surface area contributed by atoms with Gasteiger partial charge >= 0.3 is 0 Å². The van der Waals surface area contributed by atoms with E-state index in [1.165, 1.54) is 5.56 Å². The van der Waals surface area contributed by atoms with E-state index in [4.69, 9.17) is 14.2 Å². The highest BCUT2D eigenvalue weighted by molar-refractivity contribution is 5.77. The van der Waals surface area contributed by atoms with E-state index in [1.807, 2.05) is 17.0 Å². The fourth-order valence-corrected chi connectivity index (χ4v) is 4.13. The lowest BCUT2D eigenvalue weighted by Crippen LogP contribution is -2.51. The number of rotatable bonds is 5. The second-order valence-corrected chi connectivity index (χ2v) is 7.26. The summed E-state index contributed by atoms with van der Waals surface area (Å²) in [6.07, 6.45) is 5.15. The van der Waals surface area contributed by atoms with Gasteiger partial charge in [-0.15, -0.1) is 0 Å². The van der Waals surface area contributed by atoms with Gasteiger partial charge < -0.3 is 19.1 Å². The number of hydrogen-bond donors (Lipinski definition) is 0. The zero-order valence-electron chi connectivity index (χ0n) is 15.3.